The number of primary amides is 1. The van der Waals surface area contributed by atoms with Crippen LogP contribution in [0.5, 0.6) is 5.75 Å². The number of rotatable bonds is 10. The van der Waals surface area contributed by atoms with E-state index in [1.54, 1.807) is 19.1 Å². The zero-order valence-electron chi connectivity index (χ0n) is 17.1. The van der Waals surface area contributed by atoms with Gasteiger partial charge in [0.25, 0.3) is 0 Å². The van der Waals surface area contributed by atoms with Crippen molar-refractivity contribution in [1.82, 2.24) is 4.98 Å². The summed E-state index contributed by atoms with van der Waals surface area (Å²) in [6.45, 7) is 3.84. The molecule has 1 aromatic heterocycles. The Labute approximate surface area is 181 Å². The van der Waals surface area contributed by atoms with Crippen LogP contribution in [0.3, 0.4) is 0 Å². The molecule has 1 atom stereocenters. The third-order valence-electron chi connectivity index (χ3n) is 5.24. The molecule has 30 heavy (non-hydrogen) atoms. The van der Waals surface area contributed by atoms with E-state index >= 15 is 0 Å². The Balaban J connectivity index is 1.50. The number of aromatic nitrogens is 1. The lowest BCUT2D eigenvalue weighted by atomic mass is 9.98. The van der Waals surface area contributed by atoms with E-state index in [0.29, 0.717) is 32.7 Å². The van der Waals surface area contributed by atoms with Crippen LogP contribution in [0.2, 0.25) is 0 Å². The number of hydrogen-bond acceptors (Lipinski definition) is 7. The van der Waals surface area contributed by atoms with Crippen molar-refractivity contribution < 1.29 is 18.8 Å². The van der Waals surface area contributed by atoms with Crippen molar-refractivity contribution in [3.05, 3.63) is 48.8 Å². The first-order valence-electron chi connectivity index (χ1n) is 9.95. The Bertz CT molecular complexity index is 874. The van der Waals surface area contributed by atoms with Gasteiger partial charge in [-0.2, -0.15) is 0 Å². The van der Waals surface area contributed by atoms with Gasteiger partial charge in [-0.05, 0) is 62.3 Å². The van der Waals surface area contributed by atoms with Crippen LogP contribution in [0.15, 0.2) is 53.7 Å². The topological polar surface area (TPSA) is 104 Å². The molecule has 1 aliphatic rings. The van der Waals surface area contributed by atoms with Crippen LogP contribution in [-0.2, 0) is 14.1 Å². The van der Waals surface area contributed by atoms with Gasteiger partial charge < -0.3 is 25.1 Å². The van der Waals surface area contributed by atoms with Crippen LogP contribution >= 0.6 is 17.7 Å². The molecule has 9 heteroatoms. The van der Waals surface area contributed by atoms with E-state index < -0.39 is 17.4 Å². The molecule has 0 bridgehead atoms. The number of benzene rings is 1. The highest BCUT2D eigenvalue weighted by molar-refractivity contribution is 8.58. The first-order chi connectivity index (χ1) is 14.4. The lowest BCUT2D eigenvalue weighted by molar-refractivity contribution is -0.122. The Kier molecular flexibility index (Phi) is 7.81. The van der Waals surface area contributed by atoms with Gasteiger partial charge in [0.1, 0.15) is 10.9 Å². The normalized spacial score (nSPS) is 17.6. The highest BCUT2D eigenvalue weighted by atomic mass is 32.7. The molecule has 0 radical (unpaired) electrons. The predicted molar refractivity (Wildman–Crippen MR) is 121 cm³/mol. The minimum absolute atomic E-state index is 0.400. The molecule has 0 aliphatic carbocycles. The van der Waals surface area contributed by atoms with Gasteiger partial charge in [0.05, 0.1) is 12.3 Å². The first kappa shape index (κ1) is 22.7. The maximum absolute atomic E-state index is 13.5. The third kappa shape index (κ3) is 5.56. The lowest BCUT2D eigenvalue weighted by Crippen LogP contribution is -2.47. The van der Waals surface area contributed by atoms with E-state index in [-0.39, 0.29) is 0 Å². The summed E-state index contributed by atoms with van der Waals surface area (Å²) < 4.78 is 24.6. The molecule has 0 spiro atoms. The number of hydrogen-bond donors (Lipinski definition) is 2. The van der Waals surface area contributed by atoms with Crippen LogP contribution < -0.4 is 15.8 Å². The van der Waals surface area contributed by atoms with Gasteiger partial charge in [0, 0.05) is 37.0 Å². The van der Waals surface area contributed by atoms with Gasteiger partial charge >= 0.3 is 0 Å². The fourth-order valence-electron chi connectivity index (χ4n) is 3.41. The summed E-state index contributed by atoms with van der Waals surface area (Å²) in [6, 6.07) is 11.3. The Morgan fingerprint density at radius 3 is 2.67 bits per heavy atom. The van der Waals surface area contributed by atoms with Crippen LogP contribution in [0, 0.1) is 0 Å². The molecule has 3 rings (SSSR count). The minimum Gasteiger partial charge on any atom is -0.494 e. The van der Waals surface area contributed by atoms with Crippen molar-refractivity contribution in [2.24, 2.45) is 5.73 Å². The highest BCUT2D eigenvalue weighted by Crippen LogP contribution is 2.70. The van der Waals surface area contributed by atoms with Crippen molar-refractivity contribution in [2.75, 3.05) is 38.3 Å². The summed E-state index contributed by atoms with van der Waals surface area (Å²) >= 11 is 1.25. The Hall–Kier alpha value is -2.02. The average Bonchev–Trinajstić information content (AvgIpc) is 2.75. The highest BCUT2D eigenvalue weighted by Gasteiger charge is 2.51. The summed E-state index contributed by atoms with van der Waals surface area (Å²) in [5.74, 6) is 0.256. The second-order valence-corrected chi connectivity index (χ2v) is 13.1. The number of ether oxygens (including phenoxy) is 2. The largest absolute Gasteiger partial charge is 0.494 e. The molecule has 1 saturated heterocycles. The maximum atomic E-state index is 13.5. The number of carbonyl (C=O) groups is 1. The Morgan fingerprint density at radius 1 is 1.30 bits per heavy atom. The number of carbonyl (C=O) groups excluding carboxylic acids is 1. The van der Waals surface area contributed by atoms with Crippen LogP contribution in [0.4, 0.5) is 5.69 Å². The molecule has 3 N–H and O–H groups in total. The molecular formula is C21H28N3O4PS. The molecule has 2 heterocycles. The lowest BCUT2D eigenvalue weighted by Gasteiger charge is -2.38. The monoisotopic (exact) mass is 449 g/mol. The van der Waals surface area contributed by atoms with Gasteiger partial charge in [0.15, 0.2) is 6.34 Å². The summed E-state index contributed by atoms with van der Waals surface area (Å²) in [7, 11) is 0. The molecule has 7 nitrogen and oxygen atoms in total. The minimum atomic E-state index is -2.94. The smallest absolute Gasteiger partial charge is 0.232 e. The maximum Gasteiger partial charge on any atom is 0.232 e. The van der Waals surface area contributed by atoms with E-state index in [4.69, 9.17) is 15.2 Å². The fraction of sp³-hybridized carbons (Fsp3) is 0.429. The number of pyridine rings is 1. The molecule has 1 aliphatic heterocycles. The standard InChI is InChI=1S/C21H28N3O4PS/c1-29(26,21(20(22)25)9-14-27-15-10-21)30-19-7-5-18(6-8-19)28-13-3-12-24-17-4-2-11-23-16-17/h2,4-8,11,16,24H,3,9-10,12-15H2,1H3,(H2,22,25). The quantitative estimate of drug-likeness (QED) is 0.417. The van der Waals surface area contributed by atoms with Gasteiger partial charge in [-0.15, -0.1) is 0 Å². The molecule has 1 fully saturated rings. The number of amides is 1. The second kappa shape index (κ2) is 10.3. The zero-order valence-corrected chi connectivity index (χ0v) is 18.8. The Morgan fingerprint density at radius 2 is 2.03 bits per heavy atom. The van der Waals surface area contributed by atoms with Gasteiger partial charge in [-0.25, -0.2) is 0 Å². The summed E-state index contributed by atoms with van der Waals surface area (Å²) in [5, 5.41) is 2.28. The molecule has 1 aromatic carbocycles. The molecule has 0 saturated carbocycles. The first-order valence-corrected chi connectivity index (χ1v) is 13.5. The van der Waals surface area contributed by atoms with E-state index in [1.807, 2.05) is 36.4 Å². The molecule has 162 valence electrons. The van der Waals surface area contributed by atoms with E-state index in [9.17, 15) is 9.36 Å². The van der Waals surface area contributed by atoms with Crippen LogP contribution in [0.1, 0.15) is 19.3 Å². The van der Waals surface area contributed by atoms with Gasteiger partial charge in [-0.1, -0.05) is 11.4 Å². The number of nitrogens with two attached hydrogens (primary N) is 1. The van der Waals surface area contributed by atoms with Crippen molar-refractivity contribution in [2.45, 2.75) is 29.3 Å². The summed E-state index contributed by atoms with van der Waals surface area (Å²) in [6.07, 6.45) is 2.23. The second-order valence-electron chi connectivity index (χ2n) is 7.29. The van der Waals surface area contributed by atoms with E-state index in [2.05, 4.69) is 10.3 Å². The fourth-order valence-corrected chi connectivity index (χ4v) is 8.55. The van der Waals surface area contributed by atoms with Crippen LogP contribution in [-0.4, -0.2) is 49.1 Å². The van der Waals surface area contributed by atoms with Crippen molar-refractivity contribution >= 4 is 29.3 Å². The molecule has 1 amide bonds. The zero-order chi connectivity index (χ0) is 21.5. The van der Waals surface area contributed by atoms with Crippen LogP contribution in [0.25, 0.3) is 0 Å². The van der Waals surface area contributed by atoms with E-state index in [0.717, 1.165) is 29.3 Å². The van der Waals surface area contributed by atoms with Crippen molar-refractivity contribution in [3.8, 4) is 5.75 Å². The van der Waals surface area contributed by atoms with Gasteiger partial charge in [0.2, 0.25) is 5.91 Å². The predicted octanol–water partition coefficient (Wildman–Crippen LogP) is 4.00. The molecular weight excluding hydrogens is 421 g/mol. The number of anilines is 1. The van der Waals surface area contributed by atoms with E-state index in [1.165, 1.54) is 11.4 Å². The van der Waals surface area contributed by atoms with Gasteiger partial charge in [-0.3, -0.25) is 9.78 Å². The number of nitrogens with one attached hydrogen (secondary N) is 1. The van der Waals surface area contributed by atoms with Crippen molar-refractivity contribution in [1.29, 1.82) is 0 Å². The third-order valence-corrected chi connectivity index (χ3v) is 11.0. The molecule has 1 unspecified atom stereocenters. The average molecular weight is 450 g/mol. The summed E-state index contributed by atoms with van der Waals surface area (Å²) in [5.41, 5.74) is 6.66. The van der Waals surface area contributed by atoms with Crippen molar-refractivity contribution in [3.63, 3.8) is 0 Å². The molecule has 2 aromatic rings. The SMILES string of the molecule is CP(=O)(Sc1ccc(OCCCNc2cccnc2)cc1)C1(C(N)=O)CCOCC1. The summed E-state index contributed by atoms with van der Waals surface area (Å²) in [4.78, 5) is 17.1. The number of nitrogens with zero attached hydrogens (tertiary/aromatic N) is 1.